The molecule has 0 aliphatic rings. The number of ketones is 1. The van der Waals surface area contributed by atoms with Crippen LogP contribution in [-0.4, -0.2) is 14.9 Å². The second-order valence-corrected chi connectivity index (χ2v) is 5.02. The second kappa shape index (κ2) is 5.64. The number of rotatable bonds is 3. The maximum absolute atomic E-state index is 12.1. The summed E-state index contributed by atoms with van der Waals surface area (Å²) in [5.74, 6) is -0.433. The molecule has 0 N–H and O–H groups in total. The summed E-state index contributed by atoms with van der Waals surface area (Å²) in [5, 5.41) is 0.586. The molecule has 0 radical (unpaired) electrons. The Kier molecular flexibility index (Phi) is 4.11. The highest BCUT2D eigenvalue weighted by atomic mass is 35.5. The van der Waals surface area contributed by atoms with Gasteiger partial charge in [-0.1, -0.05) is 23.2 Å². The van der Waals surface area contributed by atoms with Crippen LogP contribution in [0.2, 0.25) is 10.0 Å². The molecular weight excluding hydrogens is 303 g/mol. The Morgan fingerprint density at radius 3 is 2.55 bits per heavy atom. The summed E-state index contributed by atoms with van der Waals surface area (Å²) in [7, 11) is 1.50. The third-order valence-electron chi connectivity index (χ3n) is 2.77. The average Bonchev–Trinajstić information content (AvgIpc) is 2.39. The smallest absolute Gasteiger partial charge is 0.303 e. The fraction of sp³-hybridized carbons (Fsp3) is 0.154. The van der Waals surface area contributed by atoms with Crippen LogP contribution < -0.4 is 11.2 Å². The van der Waals surface area contributed by atoms with Gasteiger partial charge < -0.3 is 4.57 Å². The first kappa shape index (κ1) is 14.6. The number of benzene rings is 1. The van der Waals surface area contributed by atoms with Crippen molar-refractivity contribution in [2.75, 3.05) is 0 Å². The zero-order chi connectivity index (χ0) is 14.9. The Hall–Kier alpha value is -1.85. The van der Waals surface area contributed by atoms with Crippen LogP contribution >= 0.6 is 23.2 Å². The molecule has 1 aromatic heterocycles. The summed E-state index contributed by atoms with van der Waals surface area (Å²) >= 11 is 11.7. The van der Waals surface area contributed by atoms with Crippen molar-refractivity contribution in [3.63, 3.8) is 0 Å². The fourth-order valence-electron chi connectivity index (χ4n) is 1.70. The van der Waals surface area contributed by atoms with Gasteiger partial charge in [0.05, 0.1) is 11.6 Å². The van der Waals surface area contributed by atoms with E-state index in [1.165, 1.54) is 42.1 Å². The average molecular weight is 313 g/mol. The van der Waals surface area contributed by atoms with E-state index >= 15 is 0 Å². The van der Waals surface area contributed by atoms with Crippen molar-refractivity contribution in [2.45, 2.75) is 6.54 Å². The summed E-state index contributed by atoms with van der Waals surface area (Å²) in [6.07, 6.45) is 1.35. The first-order valence-corrected chi connectivity index (χ1v) is 6.40. The van der Waals surface area contributed by atoms with E-state index in [0.29, 0.717) is 5.02 Å². The molecule has 5 nitrogen and oxygen atoms in total. The van der Waals surface area contributed by atoms with E-state index in [1.807, 2.05) is 0 Å². The predicted octanol–water partition coefficient (Wildman–Crippen LogP) is 1.74. The van der Waals surface area contributed by atoms with E-state index in [1.54, 1.807) is 0 Å². The monoisotopic (exact) mass is 312 g/mol. The number of carbonyl (C=O) groups excluding carboxylic acids is 1. The van der Waals surface area contributed by atoms with Gasteiger partial charge in [-0.2, -0.15) is 0 Å². The maximum Gasteiger partial charge on any atom is 0.331 e. The van der Waals surface area contributed by atoms with E-state index in [0.717, 1.165) is 4.57 Å². The molecule has 0 unspecified atom stereocenters. The second-order valence-electron chi connectivity index (χ2n) is 4.18. The molecule has 0 bridgehead atoms. The topological polar surface area (TPSA) is 61.1 Å². The largest absolute Gasteiger partial charge is 0.331 e. The highest BCUT2D eigenvalue weighted by Gasteiger charge is 2.14. The Morgan fingerprint density at radius 2 is 1.90 bits per heavy atom. The molecule has 0 saturated carbocycles. The molecule has 0 amide bonds. The highest BCUT2D eigenvalue weighted by molar-refractivity contribution is 6.36. The van der Waals surface area contributed by atoms with Crippen LogP contribution in [0.15, 0.2) is 40.1 Å². The summed E-state index contributed by atoms with van der Waals surface area (Å²) in [4.78, 5) is 35.6. The van der Waals surface area contributed by atoms with Crippen LogP contribution in [0.4, 0.5) is 0 Å². The number of hydrogen-bond acceptors (Lipinski definition) is 3. The zero-order valence-electron chi connectivity index (χ0n) is 10.5. The molecule has 2 aromatic rings. The lowest BCUT2D eigenvalue weighted by molar-refractivity contribution is 0.0969. The number of nitrogens with zero attached hydrogens (tertiary/aromatic N) is 2. The van der Waals surface area contributed by atoms with Gasteiger partial charge in [0.15, 0.2) is 5.78 Å². The Balaban J connectivity index is 2.40. The molecular formula is C13H10Cl2N2O3. The quantitative estimate of drug-likeness (QED) is 0.811. The van der Waals surface area contributed by atoms with Crippen molar-refractivity contribution in [1.82, 2.24) is 9.13 Å². The number of aromatic nitrogens is 2. The Morgan fingerprint density at radius 1 is 1.20 bits per heavy atom. The van der Waals surface area contributed by atoms with Gasteiger partial charge in [0.1, 0.15) is 0 Å². The lowest BCUT2D eigenvalue weighted by Gasteiger charge is -2.07. The molecule has 2 rings (SSSR count). The van der Waals surface area contributed by atoms with E-state index in [9.17, 15) is 14.4 Å². The van der Waals surface area contributed by atoms with Gasteiger partial charge in [-0.3, -0.25) is 14.2 Å². The summed E-state index contributed by atoms with van der Waals surface area (Å²) < 4.78 is 2.07. The third-order valence-corrected chi connectivity index (χ3v) is 3.32. The van der Waals surface area contributed by atoms with Gasteiger partial charge in [-0.15, -0.1) is 0 Å². The summed E-state index contributed by atoms with van der Waals surface area (Å²) in [6.45, 7) is -0.367. The van der Waals surface area contributed by atoms with Crippen molar-refractivity contribution in [1.29, 1.82) is 0 Å². The molecule has 0 saturated heterocycles. The molecule has 104 valence electrons. The first-order valence-electron chi connectivity index (χ1n) is 5.65. The van der Waals surface area contributed by atoms with Crippen molar-refractivity contribution >= 4 is 29.0 Å². The number of hydrogen-bond donors (Lipinski definition) is 0. The lowest BCUT2D eigenvalue weighted by atomic mass is 10.1. The van der Waals surface area contributed by atoms with Crippen LogP contribution in [0.5, 0.6) is 0 Å². The number of aryl methyl sites for hydroxylation is 1. The number of Topliss-reactive ketones (excluding diaryl/α,β-unsaturated/α-hetero) is 1. The van der Waals surface area contributed by atoms with Crippen molar-refractivity contribution in [3.8, 4) is 0 Å². The third kappa shape index (κ3) is 2.84. The minimum absolute atomic E-state index is 0.184. The van der Waals surface area contributed by atoms with Crippen LogP contribution in [0.3, 0.4) is 0 Å². The molecule has 1 heterocycles. The summed E-state index contributed by atoms with van der Waals surface area (Å²) in [6, 6.07) is 5.64. The van der Waals surface area contributed by atoms with Crippen molar-refractivity contribution in [3.05, 3.63) is 66.9 Å². The minimum atomic E-state index is -0.559. The lowest BCUT2D eigenvalue weighted by Crippen LogP contribution is -2.39. The number of carbonyl (C=O) groups is 1. The van der Waals surface area contributed by atoms with Crippen LogP contribution in [-0.2, 0) is 13.6 Å². The van der Waals surface area contributed by atoms with Gasteiger partial charge in [0.2, 0.25) is 0 Å². The van der Waals surface area contributed by atoms with E-state index in [4.69, 9.17) is 23.2 Å². The van der Waals surface area contributed by atoms with Gasteiger partial charge in [0.25, 0.3) is 5.56 Å². The van der Waals surface area contributed by atoms with Crippen LogP contribution in [0.25, 0.3) is 0 Å². The Labute approximate surface area is 124 Å². The van der Waals surface area contributed by atoms with E-state index in [-0.39, 0.29) is 17.1 Å². The fourth-order valence-corrected chi connectivity index (χ4v) is 2.22. The Bertz CT molecular complexity index is 793. The first-order chi connectivity index (χ1) is 9.40. The SMILES string of the molecule is Cn1ccc(=O)n(CC(=O)c2ccc(Cl)cc2Cl)c1=O. The van der Waals surface area contributed by atoms with Crippen molar-refractivity contribution in [2.24, 2.45) is 7.05 Å². The van der Waals surface area contributed by atoms with Crippen molar-refractivity contribution < 1.29 is 4.79 Å². The number of halogens is 2. The van der Waals surface area contributed by atoms with Crippen LogP contribution in [0.1, 0.15) is 10.4 Å². The highest BCUT2D eigenvalue weighted by Crippen LogP contribution is 2.21. The minimum Gasteiger partial charge on any atom is -0.303 e. The van der Waals surface area contributed by atoms with E-state index < -0.39 is 17.0 Å². The van der Waals surface area contributed by atoms with Gasteiger partial charge in [-0.05, 0) is 18.2 Å². The zero-order valence-corrected chi connectivity index (χ0v) is 12.0. The van der Waals surface area contributed by atoms with Gasteiger partial charge in [0, 0.05) is 29.9 Å². The summed E-state index contributed by atoms with van der Waals surface area (Å²) in [5.41, 5.74) is -0.878. The predicted molar refractivity (Wildman–Crippen MR) is 76.7 cm³/mol. The van der Waals surface area contributed by atoms with E-state index in [2.05, 4.69) is 0 Å². The van der Waals surface area contributed by atoms with Gasteiger partial charge >= 0.3 is 5.69 Å². The molecule has 0 aliphatic carbocycles. The molecule has 20 heavy (non-hydrogen) atoms. The molecule has 0 fully saturated rings. The standard InChI is InChI=1S/C13H10Cl2N2O3/c1-16-5-4-12(19)17(13(16)20)7-11(18)9-3-2-8(14)6-10(9)15/h2-6H,7H2,1H3. The molecule has 0 atom stereocenters. The molecule has 1 aromatic carbocycles. The molecule has 7 heteroatoms. The molecule has 0 spiro atoms. The molecule has 0 aliphatic heterocycles. The normalized spacial score (nSPS) is 10.6. The van der Waals surface area contributed by atoms with Crippen LogP contribution in [0, 0.1) is 0 Å². The van der Waals surface area contributed by atoms with Gasteiger partial charge in [-0.25, -0.2) is 4.79 Å². The maximum atomic E-state index is 12.1.